The van der Waals surface area contributed by atoms with Crippen molar-refractivity contribution in [1.82, 2.24) is 0 Å². The van der Waals surface area contributed by atoms with E-state index >= 15 is 38.4 Å². The first-order chi connectivity index (χ1) is 60.1. The summed E-state index contributed by atoms with van der Waals surface area (Å²) in [7, 11) is 0. The minimum atomic E-state index is -1.14. The molecule has 24 nitrogen and oxygen atoms in total. The van der Waals surface area contributed by atoms with E-state index in [9.17, 15) is 0 Å². The zero-order valence-corrected chi connectivity index (χ0v) is 68.7. The number of carbonyl (C=O) groups is 8. The number of hydrogen-bond donors (Lipinski definition) is 0. The van der Waals surface area contributed by atoms with Gasteiger partial charge in [-0.3, -0.25) is 0 Å². The monoisotopic (exact) mass is 1650 g/mol. The van der Waals surface area contributed by atoms with Crippen LogP contribution in [0.25, 0.3) is 0 Å². The van der Waals surface area contributed by atoms with E-state index in [0.29, 0.717) is 44.5 Å². The number of nitrogens with zero attached hydrogens (tertiary/aromatic N) is 8. The summed E-state index contributed by atoms with van der Waals surface area (Å²) >= 11 is 0. The summed E-state index contributed by atoms with van der Waals surface area (Å²) in [5.74, 6) is -9.15. The molecule has 0 radical (unpaired) electrons. The highest BCUT2D eigenvalue weighted by Gasteiger charge is 2.33. The number of benzene rings is 12. The van der Waals surface area contributed by atoms with Crippen LogP contribution in [0.5, 0.6) is 0 Å². The standard InChI is InChI=1S/C100H80N8O16/c1-61(69-33-17-9-18-34-69)101-117-93(109)85-57-86(94(110)118-102-62(2)70-35-19-10-20-36-70)78-49-77(85)53-79-50-80(88(96(112)120-104-64(4)72-39-23-12-24-40-72)58-87(79)95(111)119-103-63(3)71-37-21-11-22-38-71)55-83-52-84(92(100(116)124-108-68(8)76-47-31-16-32-48-76)60-91(83)99(115)123-107-67(7)75-45-29-15-30-46-75)56-82-51-81(54-78)89(97(113)121-105-65(5)73-41-25-13-26-42-73)59-90(82)98(114)122-106-66(6)74-43-27-14-28-44-74/h9-52,57-60H,53-56H2,1-8H3/b101-61+,102-62+,103-63+,104-64+,105-65+,106-66+,107-67+,108-68+. The van der Waals surface area contributed by atoms with Gasteiger partial charge in [-0.05, 0) is 194 Å². The lowest BCUT2D eigenvalue weighted by Gasteiger charge is -2.21. The van der Waals surface area contributed by atoms with Gasteiger partial charge < -0.3 is 38.7 Å². The van der Waals surface area contributed by atoms with Gasteiger partial charge in [-0.15, -0.1) is 0 Å². The fourth-order valence-corrected chi connectivity index (χ4v) is 13.4. The molecular formula is C100H80N8O16. The number of rotatable bonds is 24. The first kappa shape index (κ1) is 85.6. The van der Waals surface area contributed by atoms with E-state index in [1.165, 1.54) is 48.5 Å². The van der Waals surface area contributed by atoms with Crippen molar-refractivity contribution in [3.63, 3.8) is 0 Å². The highest BCUT2D eigenvalue weighted by Crippen LogP contribution is 2.35. The van der Waals surface area contributed by atoms with Gasteiger partial charge in [0.1, 0.15) is 0 Å². The molecule has 12 aromatic rings. The molecule has 12 aromatic carbocycles. The molecule has 124 heavy (non-hydrogen) atoms. The molecule has 1 aliphatic carbocycles. The smallest absolute Gasteiger partial charge is 0.313 e. The number of hydrogen-bond acceptors (Lipinski definition) is 24. The summed E-state index contributed by atoms with van der Waals surface area (Å²) in [5, 5.41) is 34.3. The summed E-state index contributed by atoms with van der Waals surface area (Å²) in [6, 6.07) is 81.3. The molecule has 8 bridgehead atoms. The van der Waals surface area contributed by atoms with E-state index in [1.54, 1.807) is 298 Å². The van der Waals surface area contributed by atoms with E-state index in [0.717, 1.165) is 0 Å². The van der Waals surface area contributed by atoms with Crippen LogP contribution in [-0.2, 0) is 64.4 Å². The molecular weight excluding hydrogens is 1570 g/mol. The van der Waals surface area contributed by atoms with Gasteiger partial charge in [-0.1, -0.05) is 308 Å². The molecule has 0 saturated carbocycles. The van der Waals surface area contributed by atoms with Gasteiger partial charge in [0.15, 0.2) is 0 Å². The summed E-state index contributed by atoms with van der Waals surface area (Å²) in [6.45, 7) is 12.9. The maximum absolute atomic E-state index is 15.6. The Bertz CT molecular complexity index is 5200. The summed E-state index contributed by atoms with van der Waals surface area (Å²) < 4.78 is 0. The Hall–Kier alpha value is -16.2. The van der Waals surface area contributed by atoms with Crippen molar-refractivity contribution in [3.05, 3.63) is 425 Å². The van der Waals surface area contributed by atoms with Crippen molar-refractivity contribution in [2.75, 3.05) is 0 Å². The third-order valence-corrected chi connectivity index (χ3v) is 20.3. The molecule has 24 heteroatoms. The Balaban J connectivity index is 1.13. The van der Waals surface area contributed by atoms with E-state index < -0.39 is 73.4 Å². The molecule has 0 atom stereocenters. The van der Waals surface area contributed by atoms with E-state index in [2.05, 4.69) is 41.2 Å². The van der Waals surface area contributed by atoms with Crippen LogP contribution in [-0.4, -0.2) is 93.4 Å². The normalized spacial score (nSPS) is 12.7. The molecule has 1 aliphatic rings. The maximum Gasteiger partial charge on any atom is 0.366 e. The van der Waals surface area contributed by atoms with Crippen LogP contribution in [0.15, 0.2) is 332 Å². The number of oxime groups is 8. The lowest BCUT2D eigenvalue weighted by Crippen LogP contribution is -2.19. The Labute approximate surface area is 713 Å². The van der Waals surface area contributed by atoms with Crippen molar-refractivity contribution in [3.8, 4) is 0 Å². The number of fused-ring (bicyclic) bond motifs is 8. The molecule has 0 fully saturated rings. The van der Waals surface area contributed by atoms with Crippen LogP contribution in [0.2, 0.25) is 0 Å². The van der Waals surface area contributed by atoms with Crippen LogP contribution in [0, 0.1) is 0 Å². The Kier molecular flexibility index (Phi) is 28.0. The van der Waals surface area contributed by atoms with E-state index in [1.807, 2.05) is 0 Å². The molecule has 0 aliphatic heterocycles. The average molecular weight is 1650 g/mol. The zero-order chi connectivity index (χ0) is 87.2. The predicted octanol–water partition coefficient (Wildman–Crippen LogP) is 19.0. The van der Waals surface area contributed by atoms with Crippen LogP contribution < -0.4 is 0 Å². The topological polar surface area (TPSA) is 309 Å². The highest BCUT2D eigenvalue weighted by atomic mass is 16.7. The van der Waals surface area contributed by atoms with Gasteiger partial charge in [0, 0.05) is 0 Å². The van der Waals surface area contributed by atoms with Gasteiger partial charge in [0.2, 0.25) is 0 Å². The lowest BCUT2D eigenvalue weighted by molar-refractivity contribution is 0.0495. The quantitative estimate of drug-likeness (QED) is 0.0308. The van der Waals surface area contributed by atoms with E-state index in [4.69, 9.17) is 38.7 Å². The van der Waals surface area contributed by atoms with E-state index in [-0.39, 0.29) is 135 Å². The number of carbonyl (C=O) groups excluding carboxylic acids is 8. The van der Waals surface area contributed by atoms with Crippen molar-refractivity contribution < 1.29 is 77.1 Å². The summed E-state index contributed by atoms with van der Waals surface area (Å²) in [4.78, 5) is 172. The van der Waals surface area contributed by atoms with Crippen molar-refractivity contribution in [1.29, 1.82) is 0 Å². The van der Waals surface area contributed by atoms with Crippen LogP contribution in [0.1, 0.15) is 227 Å². The fraction of sp³-hybridized carbons (Fsp3) is 0.120. The second-order valence-electron chi connectivity index (χ2n) is 28.7. The van der Waals surface area contributed by atoms with Gasteiger partial charge in [0.25, 0.3) is 0 Å². The van der Waals surface area contributed by atoms with Crippen molar-refractivity contribution >= 4 is 93.4 Å². The third-order valence-electron chi connectivity index (χ3n) is 20.3. The first-order valence-corrected chi connectivity index (χ1v) is 39.2. The Morgan fingerprint density at radius 2 is 0.274 bits per heavy atom. The van der Waals surface area contributed by atoms with Gasteiger partial charge in [0.05, 0.1) is 90.2 Å². The fourth-order valence-electron chi connectivity index (χ4n) is 13.4. The Morgan fingerprint density at radius 3 is 0.379 bits per heavy atom. The molecule has 0 amide bonds. The third kappa shape index (κ3) is 21.6. The lowest BCUT2D eigenvalue weighted by atomic mass is 9.84. The summed E-state index contributed by atoms with van der Waals surface area (Å²) in [5.41, 5.74) is 3.89. The summed E-state index contributed by atoms with van der Waals surface area (Å²) in [6.07, 6.45) is -2.11. The molecule has 0 N–H and O–H groups in total. The molecule has 0 saturated heterocycles. The molecule has 13 rings (SSSR count). The largest absolute Gasteiger partial charge is 0.366 e. The molecule has 616 valence electrons. The van der Waals surface area contributed by atoms with Crippen LogP contribution in [0.4, 0.5) is 0 Å². The molecule has 0 unspecified atom stereocenters. The minimum absolute atomic E-state index is 0.00642. The Morgan fingerprint density at radius 1 is 0.169 bits per heavy atom. The van der Waals surface area contributed by atoms with Gasteiger partial charge in [-0.25, -0.2) is 38.4 Å². The second kappa shape index (κ2) is 40.5. The van der Waals surface area contributed by atoms with Crippen molar-refractivity contribution in [2.45, 2.75) is 81.1 Å². The molecule has 0 heterocycles. The first-order valence-electron chi connectivity index (χ1n) is 39.2. The van der Waals surface area contributed by atoms with Crippen LogP contribution in [0.3, 0.4) is 0 Å². The zero-order valence-electron chi connectivity index (χ0n) is 68.7. The van der Waals surface area contributed by atoms with Gasteiger partial charge >= 0.3 is 47.8 Å². The predicted molar refractivity (Wildman–Crippen MR) is 470 cm³/mol. The van der Waals surface area contributed by atoms with Gasteiger partial charge in [-0.2, -0.15) is 0 Å². The molecule has 0 aromatic heterocycles. The van der Waals surface area contributed by atoms with Crippen LogP contribution >= 0.6 is 0 Å². The highest BCUT2D eigenvalue weighted by molar-refractivity contribution is 6.08. The maximum atomic E-state index is 15.6. The minimum Gasteiger partial charge on any atom is -0.313 e. The van der Waals surface area contributed by atoms with Crippen molar-refractivity contribution in [2.24, 2.45) is 41.2 Å². The molecule has 0 spiro atoms. The SMILES string of the molecule is C/C(=N\OC(=O)c1cc(C(=O)O/N=C(\C)c2ccccc2)c2cc1Cc1cc(c(C(=O)O/N=C(\C)c3ccccc3)cc1C(=O)O/N=C(\C)c1ccccc1)Cc1cc(c(C(=O)O/N=C(\C)c3ccccc3)cc1C(=O)O/N=C(\C)c1ccccc1)Cc1cc(c(C(=O)O/N=C(\C)c3ccccc3)cc1C(=O)O/N=C(\C)c1ccccc1)C2)c1ccccc1. The average Bonchev–Trinajstić information content (AvgIpc) is 0.760. The second-order valence-corrected chi connectivity index (χ2v) is 28.7.